The number of nitrogens with one attached hydrogen (secondary N) is 1. The summed E-state index contributed by atoms with van der Waals surface area (Å²) in [6, 6.07) is 5.14. The summed E-state index contributed by atoms with van der Waals surface area (Å²) >= 11 is 0. The third kappa shape index (κ3) is 4.81. The topological polar surface area (TPSA) is 64.3 Å². The second-order valence-electron chi connectivity index (χ2n) is 4.82. The molecule has 0 saturated carbocycles. The third-order valence-electron chi connectivity index (χ3n) is 2.89. The molecule has 4 nitrogen and oxygen atoms in total. The van der Waals surface area contributed by atoms with Crippen LogP contribution in [0.4, 0.5) is 5.69 Å². The Labute approximate surface area is 115 Å². The lowest BCUT2D eigenvalue weighted by Gasteiger charge is -2.15. The summed E-state index contributed by atoms with van der Waals surface area (Å²) in [5.74, 6) is 0.906. The first kappa shape index (κ1) is 15.3. The van der Waals surface area contributed by atoms with Gasteiger partial charge in [-0.2, -0.15) is 0 Å². The van der Waals surface area contributed by atoms with E-state index in [0.717, 1.165) is 12.8 Å². The van der Waals surface area contributed by atoms with E-state index < -0.39 is 0 Å². The zero-order valence-corrected chi connectivity index (χ0v) is 12.0. The Bertz CT molecular complexity index is 419. The van der Waals surface area contributed by atoms with Gasteiger partial charge in [-0.25, -0.2) is 0 Å². The second-order valence-corrected chi connectivity index (χ2v) is 4.82. The summed E-state index contributed by atoms with van der Waals surface area (Å²) in [6.45, 7) is 7.37. The van der Waals surface area contributed by atoms with Gasteiger partial charge in [0, 0.05) is 18.3 Å². The molecular formula is C15H24N2O2. The number of nitrogens with two attached hydrogens (primary N) is 1. The molecule has 0 heterocycles. The highest BCUT2D eigenvalue weighted by atomic mass is 16.5. The van der Waals surface area contributed by atoms with Crippen molar-refractivity contribution in [2.45, 2.75) is 33.6 Å². The summed E-state index contributed by atoms with van der Waals surface area (Å²) in [7, 11) is 0. The van der Waals surface area contributed by atoms with Crippen molar-refractivity contribution >= 4 is 11.6 Å². The van der Waals surface area contributed by atoms with Gasteiger partial charge in [0.15, 0.2) is 0 Å². The van der Waals surface area contributed by atoms with E-state index in [4.69, 9.17) is 10.5 Å². The first-order valence-electron chi connectivity index (χ1n) is 6.89. The van der Waals surface area contributed by atoms with E-state index in [2.05, 4.69) is 19.2 Å². The molecule has 0 saturated heterocycles. The number of rotatable bonds is 7. The van der Waals surface area contributed by atoms with Crippen LogP contribution in [-0.2, 0) is 0 Å². The maximum atomic E-state index is 11.9. The smallest absolute Gasteiger partial charge is 0.255 e. The lowest BCUT2D eigenvalue weighted by molar-refractivity contribution is 0.0950. The van der Waals surface area contributed by atoms with E-state index >= 15 is 0 Å². The normalized spacial score (nSPS) is 11.9. The number of ether oxygens (including phenoxy) is 1. The molecule has 0 aliphatic rings. The van der Waals surface area contributed by atoms with Crippen LogP contribution in [0.3, 0.4) is 0 Å². The molecule has 0 fully saturated rings. The highest BCUT2D eigenvalue weighted by molar-refractivity contribution is 5.97. The number of benzene rings is 1. The largest absolute Gasteiger partial charge is 0.492 e. The van der Waals surface area contributed by atoms with E-state index in [1.54, 1.807) is 18.2 Å². The van der Waals surface area contributed by atoms with Crippen LogP contribution in [0.15, 0.2) is 18.2 Å². The maximum Gasteiger partial charge on any atom is 0.255 e. The highest BCUT2D eigenvalue weighted by Crippen LogP contribution is 2.23. The lowest BCUT2D eigenvalue weighted by Crippen LogP contribution is -2.23. The summed E-state index contributed by atoms with van der Waals surface area (Å²) < 4.78 is 5.76. The van der Waals surface area contributed by atoms with Crippen molar-refractivity contribution < 1.29 is 9.53 Å². The van der Waals surface area contributed by atoms with Gasteiger partial charge in [0.2, 0.25) is 0 Å². The number of carbonyl (C=O) groups is 1. The molecule has 4 heteroatoms. The fourth-order valence-corrected chi connectivity index (χ4v) is 1.91. The minimum Gasteiger partial charge on any atom is -0.492 e. The van der Waals surface area contributed by atoms with Crippen molar-refractivity contribution in [2.24, 2.45) is 5.92 Å². The van der Waals surface area contributed by atoms with E-state index in [-0.39, 0.29) is 5.91 Å². The van der Waals surface area contributed by atoms with Crippen LogP contribution in [0.25, 0.3) is 0 Å². The molecule has 1 rings (SSSR count). The second kappa shape index (κ2) is 7.67. The van der Waals surface area contributed by atoms with Crippen molar-refractivity contribution in [1.82, 2.24) is 5.32 Å². The molecule has 0 aliphatic carbocycles. The van der Waals surface area contributed by atoms with Crippen LogP contribution < -0.4 is 15.8 Å². The fourth-order valence-electron chi connectivity index (χ4n) is 1.91. The number of nitrogen functional groups attached to an aromatic ring is 1. The summed E-state index contributed by atoms with van der Waals surface area (Å²) in [4.78, 5) is 11.9. The average molecular weight is 264 g/mol. The molecule has 1 amide bonds. The van der Waals surface area contributed by atoms with E-state index in [1.807, 2.05) is 6.92 Å². The highest BCUT2D eigenvalue weighted by Gasteiger charge is 2.13. The van der Waals surface area contributed by atoms with Crippen LogP contribution in [-0.4, -0.2) is 19.1 Å². The summed E-state index contributed by atoms with van der Waals surface area (Å²) in [6.07, 6.45) is 2.24. The van der Waals surface area contributed by atoms with Gasteiger partial charge in [-0.1, -0.05) is 20.3 Å². The van der Waals surface area contributed by atoms with Gasteiger partial charge >= 0.3 is 0 Å². The molecule has 106 valence electrons. The van der Waals surface area contributed by atoms with Gasteiger partial charge in [-0.05, 0) is 31.4 Å². The van der Waals surface area contributed by atoms with Crippen LogP contribution >= 0.6 is 0 Å². The minimum absolute atomic E-state index is 0.124. The molecule has 0 radical (unpaired) electrons. The molecule has 1 unspecified atom stereocenters. The predicted octanol–water partition coefficient (Wildman–Crippen LogP) is 2.83. The Morgan fingerprint density at radius 3 is 2.79 bits per heavy atom. The maximum absolute atomic E-state index is 11.9. The Kier molecular flexibility index (Phi) is 6.19. The van der Waals surface area contributed by atoms with Gasteiger partial charge in [-0.3, -0.25) is 4.79 Å². The fraction of sp³-hybridized carbons (Fsp3) is 0.533. The monoisotopic (exact) mass is 264 g/mol. The van der Waals surface area contributed by atoms with Gasteiger partial charge in [0.25, 0.3) is 5.91 Å². The van der Waals surface area contributed by atoms with E-state index in [1.165, 1.54) is 0 Å². The molecule has 3 N–H and O–H groups in total. The molecule has 0 aliphatic heterocycles. The molecule has 0 aromatic heterocycles. The van der Waals surface area contributed by atoms with Crippen LogP contribution in [0, 0.1) is 5.92 Å². The standard InChI is InChI=1S/C15H24N2O2/c1-4-6-11(3)10-19-14-9-12(16)7-8-13(14)15(18)17-5-2/h7-9,11H,4-6,10,16H2,1-3H3,(H,17,18). The van der Waals surface area contributed by atoms with E-state index in [9.17, 15) is 4.79 Å². The van der Waals surface area contributed by atoms with Crippen LogP contribution in [0.1, 0.15) is 44.0 Å². The van der Waals surface area contributed by atoms with Gasteiger partial charge < -0.3 is 15.8 Å². The Balaban J connectivity index is 2.79. The zero-order chi connectivity index (χ0) is 14.3. The number of amides is 1. The van der Waals surface area contributed by atoms with Crippen molar-refractivity contribution in [1.29, 1.82) is 0 Å². The number of hydrogen-bond acceptors (Lipinski definition) is 3. The van der Waals surface area contributed by atoms with Crippen LogP contribution in [0.2, 0.25) is 0 Å². The van der Waals surface area contributed by atoms with Gasteiger partial charge in [0.05, 0.1) is 12.2 Å². The Morgan fingerprint density at radius 1 is 1.42 bits per heavy atom. The average Bonchev–Trinajstić information content (AvgIpc) is 2.37. The molecule has 0 spiro atoms. The number of carbonyl (C=O) groups excluding carboxylic acids is 1. The third-order valence-corrected chi connectivity index (χ3v) is 2.89. The number of anilines is 1. The Morgan fingerprint density at radius 2 is 2.16 bits per heavy atom. The Hall–Kier alpha value is -1.71. The summed E-state index contributed by atoms with van der Waals surface area (Å²) in [5.41, 5.74) is 6.90. The molecular weight excluding hydrogens is 240 g/mol. The molecule has 19 heavy (non-hydrogen) atoms. The lowest BCUT2D eigenvalue weighted by atomic mass is 10.1. The SMILES string of the molecule is CCCC(C)COc1cc(N)ccc1C(=O)NCC. The molecule has 1 atom stereocenters. The first-order valence-corrected chi connectivity index (χ1v) is 6.89. The van der Waals surface area contributed by atoms with E-state index in [0.29, 0.717) is 36.1 Å². The van der Waals surface area contributed by atoms with Crippen molar-refractivity contribution in [3.05, 3.63) is 23.8 Å². The van der Waals surface area contributed by atoms with Crippen molar-refractivity contribution in [2.75, 3.05) is 18.9 Å². The minimum atomic E-state index is -0.124. The molecule has 1 aromatic carbocycles. The van der Waals surface area contributed by atoms with Crippen molar-refractivity contribution in [3.63, 3.8) is 0 Å². The summed E-state index contributed by atoms with van der Waals surface area (Å²) in [5, 5.41) is 2.77. The van der Waals surface area contributed by atoms with Crippen LogP contribution in [0.5, 0.6) is 5.75 Å². The van der Waals surface area contributed by atoms with Gasteiger partial charge in [-0.15, -0.1) is 0 Å². The molecule has 0 bridgehead atoms. The molecule has 1 aromatic rings. The number of hydrogen-bond donors (Lipinski definition) is 2. The first-order chi connectivity index (χ1) is 9.08. The quantitative estimate of drug-likeness (QED) is 0.744. The van der Waals surface area contributed by atoms with Gasteiger partial charge in [0.1, 0.15) is 5.75 Å². The zero-order valence-electron chi connectivity index (χ0n) is 12.0. The van der Waals surface area contributed by atoms with Crippen molar-refractivity contribution in [3.8, 4) is 5.75 Å². The predicted molar refractivity (Wildman–Crippen MR) is 78.4 cm³/mol.